The summed E-state index contributed by atoms with van der Waals surface area (Å²) in [6.07, 6.45) is 23.0. The average molecular weight is 649 g/mol. The van der Waals surface area contributed by atoms with Crippen molar-refractivity contribution in [3.05, 3.63) is 155 Å². The summed E-state index contributed by atoms with van der Waals surface area (Å²) in [5.74, 6) is 2.00. The molecular weight excluding hydrogens is 588 g/mol. The lowest BCUT2D eigenvalue weighted by atomic mass is 10.0. The fraction of sp³-hybridized carbons (Fsp3) is 0.364. The van der Waals surface area contributed by atoms with Crippen molar-refractivity contribution in [2.75, 3.05) is 13.5 Å². The van der Waals surface area contributed by atoms with Crippen LogP contribution in [-0.4, -0.2) is 23.3 Å². The third-order valence-corrected chi connectivity index (χ3v) is 8.53. The Morgan fingerprint density at radius 2 is 1.35 bits per heavy atom. The topological polar surface area (TPSA) is 24.9 Å². The van der Waals surface area contributed by atoms with Crippen LogP contribution in [0.1, 0.15) is 88.1 Å². The Morgan fingerprint density at radius 1 is 0.750 bits per heavy atom. The van der Waals surface area contributed by atoms with Crippen molar-refractivity contribution in [2.45, 2.75) is 94.2 Å². The van der Waals surface area contributed by atoms with Crippen LogP contribution >= 0.6 is 0 Å². The maximum Gasteiger partial charge on any atom is 0.161 e. The van der Waals surface area contributed by atoms with Gasteiger partial charge in [0.2, 0.25) is 0 Å². The van der Waals surface area contributed by atoms with Gasteiger partial charge in [-0.3, -0.25) is 0 Å². The largest absolute Gasteiger partial charge is 0.473 e. The van der Waals surface area contributed by atoms with E-state index in [0.29, 0.717) is 13.5 Å². The second kappa shape index (κ2) is 21.4. The summed E-state index contributed by atoms with van der Waals surface area (Å²) in [5, 5.41) is 0. The first-order valence-electron chi connectivity index (χ1n) is 17.3. The molecule has 0 fully saturated rings. The second-order valence-corrected chi connectivity index (χ2v) is 12.0. The van der Waals surface area contributed by atoms with Crippen LogP contribution < -0.4 is 9.47 Å². The summed E-state index contributed by atoms with van der Waals surface area (Å²) >= 11 is 0. The minimum atomic E-state index is 0.522. The van der Waals surface area contributed by atoms with Crippen LogP contribution in [0.15, 0.2) is 127 Å². The van der Waals surface area contributed by atoms with E-state index in [2.05, 4.69) is 146 Å². The van der Waals surface area contributed by atoms with Gasteiger partial charge >= 0.3 is 0 Å². The van der Waals surface area contributed by atoms with Gasteiger partial charge in [0.05, 0.1) is 6.54 Å². The number of hydrogen-bond acceptors (Lipinski definition) is 4. The van der Waals surface area contributed by atoms with Crippen molar-refractivity contribution < 1.29 is 9.47 Å². The van der Waals surface area contributed by atoms with Gasteiger partial charge in [0, 0.05) is 35.5 Å². The molecule has 4 nitrogen and oxygen atoms in total. The van der Waals surface area contributed by atoms with Gasteiger partial charge in [0.25, 0.3) is 0 Å². The van der Waals surface area contributed by atoms with Gasteiger partial charge in [0.1, 0.15) is 11.5 Å². The molecule has 2 aromatic rings. The Bertz CT molecular complexity index is 1510. The third-order valence-electron chi connectivity index (χ3n) is 8.53. The Balaban J connectivity index is 0.000000900. The first kappa shape index (κ1) is 39.7. The van der Waals surface area contributed by atoms with Crippen LogP contribution in [0.5, 0.6) is 11.5 Å². The molecule has 2 aromatic carbocycles. The van der Waals surface area contributed by atoms with E-state index in [-0.39, 0.29) is 0 Å². The van der Waals surface area contributed by atoms with E-state index < -0.39 is 0 Å². The smallest absolute Gasteiger partial charge is 0.161 e. The zero-order valence-electron chi connectivity index (χ0n) is 31.1. The van der Waals surface area contributed by atoms with E-state index in [1.54, 1.807) is 0 Å². The van der Waals surface area contributed by atoms with Crippen LogP contribution in [0.3, 0.4) is 0 Å². The molecule has 4 rings (SSSR count). The number of benzene rings is 2. The molecular formula is C44H60N2O2. The summed E-state index contributed by atoms with van der Waals surface area (Å²) < 4.78 is 12.1. The lowest BCUT2D eigenvalue weighted by Crippen LogP contribution is -2.31. The number of hydrogen-bond donors (Lipinski definition) is 0. The standard InChI is InChI=1S/C36H44N2O2.2C4H8/c1-8-30(14-12-15-33(10-3)38-22-32-19-27(5)28(6)20-36(32)40-25-38)21-31(9-2)18-17-29(7)37-23-34-26(4)13-11-16-35(34)39-24-37;2*1-3-4-2/h8-14,16-20H,7,15,21-25H2,1-6H3;2*3H,1,4H2,2H3/b14-12-,18-17-,30-8+,31-9+,33-10+;;. The molecule has 2 heterocycles. The lowest BCUT2D eigenvalue weighted by molar-refractivity contribution is 0.125. The molecule has 0 atom stereocenters. The highest BCUT2D eigenvalue weighted by molar-refractivity contribution is 5.43. The van der Waals surface area contributed by atoms with Crippen molar-refractivity contribution >= 4 is 0 Å². The molecule has 0 spiro atoms. The normalized spacial score (nSPS) is 14.5. The van der Waals surface area contributed by atoms with Crippen molar-refractivity contribution in [1.82, 2.24) is 9.80 Å². The van der Waals surface area contributed by atoms with E-state index in [1.807, 2.05) is 24.3 Å². The first-order chi connectivity index (χ1) is 23.1. The summed E-state index contributed by atoms with van der Waals surface area (Å²) in [5.41, 5.74) is 11.1. The van der Waals surface area contributed by atoms with Gasteiger partial charge in [-0.1, -0.05) is 87.2 Å². The summed E-state index contributed by atoms with van der Waals surface area (Å²) in [6, 6.07) is 10.7. The van der Waals surface area contributed by atoms with Gasteiger partial charge in [-0.15, -0.1) is 13.2 Å². The van der Waals surface area contributed by atoms with Crippen molar-refractivity contribution in [1.29, 1.82) is 0 Å². The molecule has 0 aromatic heterocycles. The van der Waals surface area contributed by atoms with Gasteiger partial charge < -0.3 is 19.3 Å². The number of allylic oxidation sites excluding steroid dienone is 11. The number of nitrogens with zero attached hydrogens (tertiary/aromatic N) is 2. The van der Waals surface area contributed by atoms with Crippen LogP contribution in [0.25, 0.3) is 0 Å². The minimum absolute atomic E-state index is 0.522. The van der Waals surface area contributed by atoms with Crippen LogP contribution in [0, 0.1) is 20.8 Å². The fourth-order valence-corrected chi connectivity index (χ4v) is 5.09. The monoisotopic (exact) mass is 648 g/mol. The highest BCUT2D eigenvalue weighted by atomic mass is 16.5. The van der Waals surface area contributed by atoms with E-state index in [4.69, 9.17) is 9.47 Å². The van der Waals surface area contributed by atoms with Crippen LogP contribution in [0.4, 0.5) is 0 Å². The van der Waals surface area contributed by atoms with E-state index in [9.17, 15) is 0 Å². The van der Waals surface area contributed by atoms with E-state index in [1.165, 1.54) is 44.7 Å². The van der Waals surface area contributed by atoms with Gasteiger partial charge in [-0.25, -0.2) is 0 Å². The van der Waals surface area contributed by atoms with Gasteiger partial charge in [-0.05, 0) is 107 Å². The number of aryl methyl sites for hydroxylation is 3. The predicted molar refractivity (Wildman–Crippen MR) is 208 cm³/mol. The second-order valence-electron chi connectivity index (χ2n) is 12.0. The quantitative estimate of drug-likeness (QED) is 0.179. The molecule has 2 aliphatic heterocycles. The number of fused-ring (bicyclic) bond motifs is 2. The molecule has 4 heteroatoms. The number of ether oxygens (including phenoxy) is 2. The summed E-state index contributed by atoms with van der Waals surface area (Å²) in [7, 11) is 0. The average Bonchev–Trinajstić information content (AvgIpc) is 3.11. The van der Waals surface area contributed by atoms with E-state index in [0.717, 1.165) is 56.0 Å². The number of rotatable bonds is 11. The SMILES string of the molecule is C=C(/C=C\C(=C/C)CC(/C=C\C/C(=C\C)N1COc2cc(C)c(C)cc2C1)=C/C)N1COc2cccc(C)c2C1.C=CCC.C=CCC. The zero-order valence-corrected chi connectivity index (χ0v) is 31.1. The van der Waals surface area contributed by atoms with Crippen molar-refractivity contribution in [2.24, 2.45) is 0 Å². The third kappa shape index (κ3) is 12.3. The first-order valence-corrected chi connectivity index (χ1v) is 17.3. The molecule has 2 aliphatic rings. The summed E-state index contributed by atoms with van der Waals surface area (Å²) in [4.78, 5) is 4.51. The maximum absolute atomic E-state index is 6.10. The van der Waals surface area contributed by atoms with Crippen LogP contribution in [-0.2, 0) is 13.1 Å². The highest BCUT2D eigenvalue weighted by Gasteiger charge is 2.20. The van der Waals surface area contributed by atoms with Gasteiger partial charge in [-0.2, -0.15) is 0 Å². The molecule has 0 N–H and O–H groups in total. The van der Waals surface area contributed by atoms with E-state index >= 15 is 0 Å². The lowest BCUT2D eigenvalue weighted by Gasteiger charge is -2.32. The molecule has 0 saturated heterocycles. The molecule has 0 bridgehead atoms. The molecule has 0 amide bonds. The Labute approximate surface area is 292 Å². The van der Waals surface area contributed by atoms with Crippen molar-refractivity contribution in [3.8, 4) is 11.5 Å². The fourth-order valence-electron chi connectivity index (χ4n) is 5.09. The summed E-state index contributed by atoms with van der Waals surface area (Å²) in [6.45, 7) is 31.0. The molecule has 48 heavy (non-hydrogen) atoms. The van der Waals surface area contributed by atoms with Crippen molar-refractivity contribution in [3.63, 3.8) is 0 Å². The van der Waals surface area contributed by atoms with Gasteiger partial charge in [0.15, 0.2) is 13.5 Å². The molecule has 258 valence electrons. The Morgan fingerprint density at radius 3 is 1.98 bits per heavy atom. The highest BCUT2D eigenvalue weighted by Crippen LogP contribution is 2.31. The molecule has 0 saturated carbocycles. The minimum Gasteiger partial charge on any atom is -0.473 e. The Kier molecular flexibility index (Phi) is 17.7. The molecule has 0 aliphatic carbocycles. The zero-order chi connectivity index (χ0) is 35.5. The van der Waals surface area contributed by atoms with Crippen LogP contribution in [0.2, 0.25) is 0 Å². The molecule has 0 unspecified atom stereocenters. The maximum atomic E-state index is 6.10. The molecule has 0 radical (unpaired) electrons. The predicted octanol–water partition coefficient (Wildman–Crippen LogP) is 12.0. The Hall–Kier alpha value is -4.44.